The van der Waals surface area contributed by atoms with Crippen LogP contribution >= 0.6 is 0 Å². The van der Waals surface area contributed by atoms with E-state index in [-0.39, 0.29) is 22.1 Å². The summed E-state index contributed by atoms with van der Waals surface area (Å²) in [7, 11) is 0. The summed E-state index contributed by atoms with van der Waals surface area (Å²) in [6.07, 6.45) is -2.91. The van der Waals surface area contributed by atoms with Gasteiger partial charge >= 0.3 is 18.1 Å². The zero-order valence-corrected chi connectivity index (χ0v) is 22.3. The average molecular weight is 545 g/mol. The van der Waals surface area contributed by atoms with Gasteiger partial charge in [-0.25, -0.2) is 9.59 Å². The summed E-state index contributed by atoms with van der Waals surface area (Å²) in [5.74, 6) is -3.53. The van der Waals surface area contributed by atoms with Crippen molar-refractivity contribution in [2.45, 2.75) is 59.2 Å². The zero-order valence-electron chi connectivity index (χ0n) is 22.3. The first-order chi connectivity index (χ1) is 18.3. The van der Waals surface area contributed by atoms with Gasteiger partial charge in [-0.2, -0.15) is 13.2 Å². The predicted octanol–water partition coefficient (Wildman–Crippen LogP) is 6.54. The molecule has 1 aliphatic heterocycles. The van der Waals surface area contributed by atoms with Gasteiger partial charge in [0.25, 0.3) is 0 Å². The second-order valence-corrected chi connectivity index (χ2v) is 10.7. The summed E-state index contributed by atoms with van der Waals surface area (Å²) < 4.78 is 48.4. The van der Waals surface area contributed by atoms with Crippen LogP contribution in [0.15, 0.2) is 51.7 Å². The lowest BCUT2D eigenvalue weighted by Gasteiger charge is -2.37. The Bertz CT molecular complexity index is 1450. The summed E-state index contributed by atoms with van der Waals surface area (Å²) in [5.41, 5.74) is 1.87. The standard InChI is InChI=1S/C29H31F3N2O5/c1-5-21(33-22-9-7-6-8-18(22)26(36)39-27(37)29(30,31)32)19-14-17(2)15-20-23(35)16-24(38-25(19)20)34-12-10-28(3,4)11-13-34/h6-9,14-16,21,33H,5,10-13H2,1-4H3. The van der Waals surface area contributed by atoms with Crippen LogP contribution in [0.3, 0.4) is 0 Å². The molecular weight excluding hydrogens is 513 g/mol. The number of ether oxygens (including phenoxy) is 1. The smallest absolute Gasteiger partial charge is 0.440 e. The number of esters is 2. The van der Waals surface area contributed by atoms with E-state index in [2.05, 4.69) is 28.8 Å². The molecule has 10 heteroatoms. The van der Waals surface area contributed by atoms with Crippen LogP contribution in [-0.2, 0) is 9.53 Å². The molecular formula is C29H31F3N2O5. The highest BCUT2D eigenvalue weighted by Gasteiger charge is 2.42. The Balaban J connectivity index is 1.71. The Morgan fingerprint density at radius 1 is 1.13 bits per heavy atom. The number of nitrogens with one attached hydrogen (secondary N) is 1. The van der Waals surface area contributed by atoms with Crippen molar-refractivity contribution in [1.82, 2.24) is 0 Å². The van der Waals surface area contributed by atoms with Crippen LogP contribution < -0.4 is 15.6 Å². The lowest BCUT2D eigenvalue weighted by atomic mass is 9.83. The predicted molar refractivity (Wildman–Crippen MR) is 142 cm³/mol. The molecule has 1 fully saturated rings. The molecule has 1 aromatic heterocycles. The Morgan fingerprint density at radius 2 is 1.79 bits per heavy atom. The molecule has 0 spiro atoms. The van der Waals surface area contributed by atoms with Crippen molar-refractivity contribution < 1.29 is 31.9 Å². The summed E-state index contributed by atoms with van der Waals surface area (Å²) in [4.78, 5) is 38.9. The molecule has 1 saturated heterocycles. The molecule has 1 atom stereocenters. The minimum absolute atomic E-state index is 0.175. The van der Waals surface area contributed by atoms with Crippen molar-refractivity contribution in [3.63, 3.8) is 0 Å². The third kappa shape index (κ3) is 6.26. The highest BCUT2D eigenvalue weighted by atomic mass is 19.4. The highest BCUT2D eigenvalue weighted by Crippen LogP contribution is 2.35. The van der Waals surface area contributed by atoms with E-state index in [1.807, 2.05) is 19.9 Å². The van der Waals surface area contributed by atoms with Gasteiger partial charge in [0.15, 0.2) is 11.3 Å². The number of aryl methyl sites for hydroxylation is 1. The SMILES string of the molecule is CCC(Nc1ccccc1C(=O)OC(=O)C(F)(F)F)c1cc(C)cc2c(=O)cc(N3CCC(C)(C)CC3)oc12. The number of carbonyl (C=O) groups is 2. The van der Waals surface area contributed by atoms with Crippen molar-refractivity contribution in [2.24, 2.45) is 5.41 Å². The lowest BCUT2D eigenvalue weighted by Crippen LogP contribution is -2.37. The Hall–Kier alpha value is -3.82. The lowest BCUT2D eigenvalue weighted by molar-refractivity contribution is -0.193. The Morgan fingerprint density at radius 3 is 2.44 bits per heavy atom. The fraction of sp³-hybridized carbons (Fsp3) is 0.414. The summed E-state index contributed by atoms with van der Waals surface area (Å²) in [6, 6.07) is 10.5. The first-order valence-corrected chi connectivity index (χ1v) is 12.8. The van der Waals surface area contributed by atoms with Gasteiger partial charge in [0, 0.05) is 30.4 Å². The van der Waals surface area contributed by atoms with Gasteiger partial charge in [0.1, 0.15) is 5.58 Å². The van der Waals surface area contributed by atoms with Gasteiger partial charge in [-0.05, 0) is 55.4 Å². The number of halogens is 3. The normalized spacial score (nSPS) is 16.1. The van der Waals surface area contributed by atoms with Gasteiger partial charge in [0.05, 0.1) is 17.0 Å². The third-order valence-electron chi connectivity index (χ3n) is 7.09. The number of benzene rings is 2. The third-order valence-corrected chi connectivity index (χ3v) is 7.09. The number of hydrogen-bond acceptors (Lipinski definition) is 7. The molecule has 3 aromatic rings. The molecule has 1 aliphatic rings. The minimum Gasteiger partial charge on any atom is -0.440 e. The van der Waals surface area contributed by atoms with Crippen LogP contribution in [-0.4, -0.2) is 31.2 Å². The topological polar surface area (TPSA) is 88.8 Å². The molecule has 0 bridgehead atoms. The minimum atomic E-state index is -5.30. The number of carbonyl (C=O) groups excluding carboxylic acids is 2. The maximum Gasteiger partial charge on any atom is 0.491 e. The van der Waals surface area contributed by atoms with Crippen molar-refractivity contribution in [1.29, 1.82) is 0 Å². The van der Waals surface area contributed by atoms with Gasteiger partial charge in [-0.15, -0.1) is 0 Å². The van der Waals surface area contributed by atoms with Crippen molar-refractivity contribution in [2.75, 3.05) is 23.3 Å². The monoisotopic (exact) mass is 544 g/mol. The number of para-hydroxylation sites is 1. The van der Waals surface area contributed by atoms with Crippen LogP contribution in [0.4, 0.5) is 24.7 Å². The number of piperidine rings is 1. The second-order valence-electron chi connectivity index (χ2n) is 10.7. The van der Waals surface area contributed by atoms with Crippen LogP contribution in [0.1, 0.15) is 67.6 Å². The zero-order chi connectivity index (χ0) is 28.5. The van der Waals surface area contributed by atoms with E-state index in [1.54, 1.807) is 12.1 Å². The van der Waals surface area contributed by atoms with Gasteiger partial charge in [-0.1, -0.05) is 39.0 Å². The molecule has 4 rings (SSSR count). The molecule has 2 heterocycles. The van der Waals surface area contributed by atoms with E-state index in [1.165, 1.54) is 24.3 Å². The van der Waals surface area contributed by atoms with E-state index in [0.717, 1.165) is 31.5 Å². The molecule has 2 aromatic carbocycles. The Labute approximate surface area is 223 Å². The van der Waals surface area contributed by atoms with E-state index < -0.39 is 24.2 Å². The first kappa shape index (κ1) is 28.2. The van der Waals surface area contributed by atoms with Crippen LogP contribution in [0.25, 0.3) is 11.0 Å². The van der Waals surface area contributed by atoms with E-state index in [0.29, 0.717) is 28.8 Å². The number of anilines is 2. The van der Waals surface area contributed by atoms with Gasteiger partial charge in [-0.3, -0.25) is 4.79 Å². The summed E-state index contributed by atoms with van der Waals surface area (Å²) in [5, 5.41) is 3.60. The number of alkyl halides is 3. The molecule has 0 aliphatic carbocycles. The number of nitrogens with zero attached hydrogens (tertiary/aromatic N) is 1. The molecule has 1 N–H and O–H groups in total. The fourth-order valence-corrected chi connectivity index (χ4v) is 4.74. The summed E-state index contributed by atoms with van der Waals surface area (Å²) in [6.45, 7) is 9.67. The molecule has 0 radical (unpaired) electrons. The molecule has 7 nitrogen and oxygen atoms in total. The number of hydrogen-bond donors (Lipinski definition) is 1. The van der Waals surface area contributed by atoms with Crippen molar-refractivity contribution in [3.8, 4) is 0 Å². The largest absolute Gasteiger partial charge is 0.491 e. The molecule has 0 amide bonds. The molecule has 0 saturated carbocycles. The van der Waals surface area contributed by atoms with Crippen LogP contribution in [0, 0.1) is 12.3 Å². The summed E-state index contributed by atoms with van der Waals surface area (Å²) >= 11 is 0. The molecule has 39 heavy (non-hydrogen) atoms. The van der Waals surface area contributed by atoms with E-state index >= 15 is 0 Å². The van der Waals surface area contributed by atoms with Crippen molar-refractivity contribution >= 4 is 34.5 Å². The number of fused-ring (bicyclic) bond motifs is 1. The molecule has 208 valence electrons. The van der Waals surface area contributed by atoms with Crippen LogP contribution in [0.2, 0.25) is 0 Å². The van der Waals surface area contributed by atoms with Crippen molar-refractivity contribution in [3.05, 3.63) is 69.4 Å². The fourth-order valence-electron chi connectivity index (χ4n) is 4.74. The van der Waals surface area contributed by atoms with Gasteiger partial charge < -0.3 is 19.4 Å². The second kappa shape index (κ2) is 10.7. The quantitative estimate of drug-likeness (QED) is 0.279. The van der Waals surface area contributed by atoms with E-state index in [9.17, 15) is 27.6 Å². The maximum absolute atomic E-state index is 13.2. The van der Waals surface area contributed by atoms with Crippen LogP contribution in [0.5, 0.6) is 0 Å². The maximum atomic E-state index is 13.2. The average Bonchev–Trinajstić information content (AvgIpc) is 2.87. The van der Waals surface area contributed by atoms with E-state index in [4.69, 9.17) is 4.42 Å². The first-order valence-electron chi connectivity index (χ1n) is 12.8. The van der Waals surface area contributed by atoms with Gasteiger partial charge in [0.2, 0.25) is 0 Å². The number of rotatable bonds is 6. The molecule has 1 unspecified atom stereocenters. The Kier molecular flexibility index (Phi) is 7.77. The highest BCUT2D eigenvalue weighted by molar-refractivity contribution is 6.02.